The first kappa shape index (κ1) is 12.3. The van der Waals surface area contributed by atoms with Crippen molar-refractivity contribution in [3.8, 4) is 0 Å². The van der Waals surface area contributed by atoms with Crippen LogP contribution in [0.15, 0.2) is 23.6 Å². The van der Waals surface area contributed by atoms with E-state index >= 15 is 0 Å². The Morgan fingerprint density at radius 2 is 2.35 bits per heavy atom. The van der Waals surface area contributed by atoms with Crippen LogP contribution in [0.3, 0.4) is 0 Å². The smallest absolute Gasteiger partial charge is 0.0800 e. The van der Waals surface area contributed by atoms with Crippen molar-refractivity contribution in [2.45, 2.75) is 26.3 Å². The Bertz CT molecular complexity index is 439. The highest BCUT2D eigenvalue weighted by Crippen LogP contribution is 2.20. The highest BCUT2D eigenvalue weighted by molar-refractivity contribution is 7.09. The van der Waals surface area contributed by atoms with Crippen LogP contribution in [0.4, 0.5) is 0 Å². The number of nitrogens with one attached hydrogen (secondary N) is 1. The molecule has 4 heteroatoms. The van der Waals surface area contributed by atoms with Gasteiger partial charge in [-0.15, -0.1) is 11.3 Å². The molecular formula is C13H19N3S. The largest absolute Gasteiger partial charge is 0.309 e. The van der Waals surface area contributed by atoms with Crippen LogP contribution in [-0.4, -0.2) is 16.3 Å². The summed E-state index contributed by atoms with van der Waals surface area (Å²) in [6, 6.07) is 6.77. The Balaban J connectivity index is 2.16. The second-order valence-corrected chi connectivity index (χ2v) is 5.26. The summed E-state index contributed by atoms with van der Waals surface area (Å²) in [4.78, 5) is 1.40. The van der Waals surface area contributed by atoms with Gasteiger partial charge < -0.3 is 5.32 Å². The van der Waals surface area contributed by atoms with Gasteiger partial charge in [-0.1, -0.05) is 13.0 Å². The molecule has 0 saturated heterocycles. The molecule has 0 radical (unpaired) electrons. The molecule has 0 amide bonds. The van der Waals surface area contributed by atoms with Gasteiger partial charge in [-0.05, 0) is 31.0 Å². The number of nitrogens with zero attached hydrogens (tertiary/aromatic N) is 2. The van der Waals surface area contributed by atoms with Crippen LogP contribution in [0.2, 0.25) is 0 Å². The molecule has 2 rings (SSSR count). The molecule has 2 heterocycles. The van der Waals surface area contributed by atoms with Crippen molar-refractivity contribution in [1.82, 2.24) is 15.1 Å². The summed E-state index contributed by atoms with van der Waals surface area (Å²) in [6.07, 6.45) is 1.02. The van der Waals surface area contributed by atoms with Crippen LogP contribution in [0.25, 0.3) is 0 Å². The van der Waals surface area contributed by atoms with Crippen LogP contribution in [-0.2, 0) is 13.5 Å². The Labute approximate surface area is 106 Å². The fourth-order valence-electron chi connectivity index (χ4n) is 1.92. The number of thiophene rings is 1. The molecule has 0 aliphatic rings. The van der Waals surface area contributed by atoms with Gasteiger partial charge in [0.2, 0.25) is 0 Å². The molecule has 1 atom stereocenters. The summed E-state index contributed by atoms with van der Waals surface area (Å²) in [5, 5.41) is 10.2. The Hall–Kier alpha value is -1.13. The monoisotopic (exact) mass is 249 g/mol. The van der Waals surface area contributed by atoms with Crippen molar-refractivity contribution in [1.29, 1.82) is 0 Å². The average molecular weight is 249 g/mol. The van der Waals surface area contributed by atoms with Crippen molar-refractivity contribution in [3.05, 3.63) is 39.8 Å². The molecule has 0 fully saturated rings. The number of hydrogen-bond acceptors (Lipinski definition) is 3. The standard InChI is InChI=1S/C13H19N3S/c1-4-14-12(9-11-6-5-7-17-11)13-8-10(2)16(3)15-13/h5-8,12,14H,4,9H2,1-3H3. The molecule has 2 aromatic heterocycles. The summed E-state index contributed by atoms with van der Waals surface area (Å²) in [5.74, 6) is 0. The molecule has 0 aliphatic heterocycles. The SMILES string of the molecule is CCNC(Cc1cccs1)c1cc(C)n(C)n1. The van der Waals surface area contributed by atoms with E-state index in [1.165, 1.54) is 10.6 Å². The van der Waals surface area contributed by atoms with Gasteiger partial charge >= 0.3 is 0 Å². The second-order valence-electron chi connectivity index (χ2n) is 4.23. The van der Waals surface area contributed by atoms with Crippen LogP contribution < -0.4 is 5.32 Å². The predicted octanol–water partition coefficient (Wildman–Crippen LogP) is 2.68. The molecule has 92 valence electrons. The molecule has 1 unspecified atom stereocenters. The van der Waals surface area contributed by atoms with E-state index in [1.54, 1.807) is 0 Å². The molecule has 2 aromatic rings. The summed E-state index contributed by atoms with van der Waals surface area (Å²) in [6.45, 7) is 5.19. The number of aryl methyl sites for hydroxylation is 2. The third-order valence-corrected chi connectivity index (χ3v) is 3.82. The fraction of sp³-hybridized carbons (Fsp3) is 0.462. The quantitative estimate of drug-likeness (QED) is 0.883. The first-order valence-corrected chi connectivity index (χ1v) is 6.85. The second kappa shape index (κ2) is 5.47. The maximum Gasteiger partial charge on any atom is 0.0800 e. The zero-order chi connectivity index (χ0) is 12.3. The first-order chi connectivity index (χ1) is 8.20. The third-order valence-electron chi connectivity index (χ3n) is 2.93. The van der Waals surface area contributed by atoms with Crippen LogP contribution in [0, 0.1) is 6.92 Å². The number of rotatable bonds is 5. The van der Waals surface area contributed by atoms with E-state index in [0.717, 1.165) is 18.7 Å². The molecule has 3 nitrogen and oxygen atoms in total. The maximum atomic E-state index is 4.57. The molecule has 0 bridgehead atoms. The molecule has 0 saturated carbocycles. The van der Waals surface area contributed by atoms with Crippen LogP contribution in [0.1, 0.15) is 29.2 Å². The van der Waals surface area contributed by atoms with E-state index in [0.29, 0.717) is 6.04 Å². The summed E-state index contributed by atoms with van der Waals surface area (Å²) in [7, 11) is 1.99. The lowest BCUT2D eigenvalue weighted by Gasteiger charge is -2.14. The highest BCUT2D eigenvalue weighted by Gasteiger charge is 2.15. The van der Waals surface area contributed by atoms with Gasteiger partial charge in [-0.3, -0.25) is 4.68 Å². The van der Waals surface area contributed by atoms with Crippen molar-refractivity contribution in [2.24, 2.45) is 7.05 Å². The topological polar surface area (TPSA) is 29.9 Å². The van der Waals surface area contributed by atoms with Crippen molar-refractivity contribution in [3.63, 3.8) is 0 Å². The van der Waals surface area contributed by atoms with Crippen molar-refractivity contribution in [2.75, 3.05) is 6.54 Å². The van der Waals surface area contributed by atoms with Gasteiger partial charge in [0.25, 0.3) is 0 Å². The third kappa shape index (κ3) is 2.96. The van der Waals surface area contributed by atoms with E-state index in [4.69, 9.17) is 0 Å². The molecule has 17 heavy (non-hydrogen) atoms. The molecule has 1 N–H and O–H groups in total. The maximum absolute atomic E-state index is 4.57. The van der Waals surface area contributed by atoms with E-state index in [1.807, 2.05) is 23.1 Å². The minimum atomic E-state index is 0.318. The normalized spacial score (nSPS) is 12.9. The number of hydrogen-bond donors (Lipinski definition) is 1. The van der Waals surface area contributed by atoms with Gasteiger partial charge in [0.15, 0.2) is 0 Å². The van der Waals surface area contributed by atoms with E-state index < -0.39 is 0 Å². The Kier molecular flexibility index (Phi) is 3.97. The van der Waals surface area contributed by atoms with Gasteiger partial charge in [0.05, 0.1) is 11.7 Å². The number of likely N-dealkylation sites (N-methyl/N-ethyl adjacent to an activating group) is 1. The zero-order valence-electron chi connectivity index (χ0n) is 10.6. The van der Waals surface area contributed by atoms with Gasteiger partial charge in [-0.2, -0.15) is 5.10 Å². The molecular weight excluding hydrogens is 230 g/mol. The van der Waals surface area contributed by atoms with Gasteiger partial charge in [-0.25, -0.2) is 0 Å². The summed E-state index contributed by atoms with van der Waals surface area (Å²) < 4.78 is 1.94. The number of aromatic nitrogens is 2. The van der Waals surface area contributed by atoms with E-state index in [-0.39, 0.29) is 0 Å². The van der Waals surface area contributed by atoms with Crippen LogP contribution >= 0.6 is 11.3 Å². The first-order valence-electron chi connectivity index (χ1n) is 5.97. The highest BCUT2D eigenvalue weighted by atomic mass is 32.1. The van der Waals surface area contributed by atoms with E-state index in [2.05, 4.69) is 47.8 Å². The molecule has 0 aliphatic carbocycles. The molecule has 0 spiro atoms. The van der Waals surface area contributed by atoms with Crippen molar-refractivity contribution >= 4 is 11.3 Å². The zero-order valence-corrected chi connectivity index (χ0v) is 11.4. The summed E-state index contributed by atoms with van der Waals surface area (Å²) in [5.41, 5.74) is 2.34. The lowest BCUT2D eigenvalue weighted by Crippen LogP contribution is -2.23. The minimum Gasteiger partial charge on any atom is -0.309 e. The lowest BCUT2D eigenvalue weighted by atomic mass is 10.1. The summed E-state index contributed by atoms with van der Waals surface area (Å²) >= 11 is 1.81. The minimum absolute atomic E-state index is 0.318. The lowest BCUT2D eigenvalue weighted by molar-refractivity contribution is 0.530. The molecule has 0 aromatic carbocycles. The van der Waals surface area contributed by atoms with Gasteiger partial charge in [0, 0.05) is 24.0 Å². The average Bonchev–Trinajstić information content (AvgIpc) is 2.90. The Morgan fingerprint density at radius 3 is 2.88 bits per heavy atom. The van der Waals surface area contributed by atoms with E-state index in [9.17, 15) is 0 Å². The Morgan fingerprint density at radius 1 is 1.53 bits per heavy atom. The van der Waals surface area contributed by atoms with Crippen LogP contribution in [0.5, 0.6) is 0 Å². The van der Waals surface area contributed by atoms with Crippen molar-refractivity contribution < 1.29 is 0 Å². The predicted molar refractivity (Wildman–Crippen MR) is 72.4 cm³/mol. The van der Waals surface area contributed by atoms with Gasteiger partial charge in [0.1, 0.15) is 0 Å². The fourth-order valence-corrected chi connectivity index (χ4v) is 2.67.